The fourth-order valence-corrected chi connectivity index (χ4v) is 2.77. The maximum atomic E-state index is 12.5. The number of aromatic nitrogens is 3. The van der Waals surface area contributed by atoms with Crippen molar-refractivity contribution in [2.45, 2.75) is 13.8 Å². The summed E-state index contributed by atoms with van der Waals surface area (Å²) in [6.45, 7) is 7.67. The van der Waals surface area contributed by atoms with Gasteiger partial charge in [-0.05, 0) is 26.0 Å². The molecule has 2 aromatic heterocycles. The second-order valence-corrected chi connectivity index (χ2v) is 5.74. The van der Waals surface area contributed by atoms with Gasteiger partial charge in [-0.3, -0.25) is 9.78 Å². The maximum absolute atomic E-state index is 12.5. The van der Waals surface area contributed by atoms with E-state index < -0.39 is 0 Å². The van der Waals surface area contributed by atoms with E-state index in [1.807, 2.05) is 24.8 Å². The zero-order valence-electron chi connectivity index (χ0n) is 14.1. The van der Waals surface area contributed by atoms with Crippen LogP contribution in [-0.2, 0) is 0 Å². The summed E-state index contributed by atoms with van der Waals surface area (Å²) in [5.41, 5.74) is 1.62. The first-order valence-corrected chi connectivity index (χ1v) is 8.21. The van der Waals surface area contributed by atoms with E-state index in [4.69, 9.17) is 0 Å². The minimum absolute atomic E-state index is 0.0595. The number of anilines is 2. The normalized spacial score (nSPS) is 14.6. The van der Waals surface area contributed by atoms with Crippen molar-refractivity contribution in [1.29, 1.82) is 0 Å². The van der Waals surface area contributed by atoms with E-state index in [0.717, 1.165) is 31.1 Å². The van der Waals surface area contributed by atoms with Crippen LogP contribution in [0.3, 0.4) is 0 Å². The molecule has 0 saturated carbocycles. The molecule has 1 aliphatic rings. The first-order valence-electron chi connectivity index (χ1n) is 8.21. The number of carbonyl (C=O) groups is 1. The number of amides is 1. The number of aryl methyl sites for hydroxylation is 1. The minimum atomic E-state index is 0.0595. The molecule has 126 valence electrons. The molecule has 7 heteroatoms. The third-order valence-electron chi connectivity index (χ3n) is 3.99. The highest BCUT2D eigenvalue weighted by Crippen LogP contribution is 2.17. The van der Waals surface area contributed by atoms with Gasteiger partial charge in [0.15, 0.2) is 0 Å². The van der Waals surface area contributed by atoms with Crippen LogP contribution < -0.4 is 10.2 Å². The number of nitrogens with one attached hydrogen (secondary N) is 1. The van der Waals surface area contributed by atoms with Crippen molar-refractivity contribution in [2.24, 2.45) is 0 Å². The molecule has 1 saturated heterocycles. The molecule has 0 atom stereocenters. The van der Waals surface area contributed by atoms with Gasteiger partial charge in [0.2, 0.25) is 5.95 Å². The maximum Gasteiger partial charge on any atom is 0.254 e. The zero-order chi connectivity index (χ0) is 16.9. The molecular weight excluding hydrogens is 304 g/mol. The SMILES string of the molecule is CCNc1nc(C)cc(N2CCN(C(=O)c3ccncc3)CC2)n1. The fourth-order valence-electron chi connectivity index (χ4n) is 2.77. The topological polar surface area (TPSA) is 74.2 Å². The average molecular weight is 326 g/mol. The van der Waals surface area contributed by atoms with Crippen LogP contribution in [0.5, 0.6) is 0 Å². The van der Waals surface area contributed by atoms with Crippen molar-refractivity contribution in [3.05, 3.63) is 41.9 Å². The number of rotatable bonds is 4. The number of carbonyl (C=O) groups excluding carboxylic acids is 1. The van der Waals surface area contributed by atoms with E-state index in [2.05, 4.69) is 25.2 Å². The Morgan fingerprint density at radius 1 is 1.17 bits per heavy atom. The van der Waals surface area contributed by atoms with Gasteiger partial charge in [0.1, 0.15) is 5.82 Å². The molecule has 0 radical (unpaired) electrons. The third kappa shape index (κ3) is 3.61. The molecule has 0 bridgehead atoms. The Hall–Kier alpha value is -2.70. The predicted molar refractivity (Wildman–Crippen MR) is 93.3 cm³/mol. The highest BCUT2D eigenvalue weighted by Gasteiger charge is 2.23. The number of nitrogens with zero attached hydrogens (tertiary/aromatic N) is 5. The smallest absolute Gasteiger partial charge is 0.254 e. The van der Waals surface area contributed by atoms with Gasteiger partial charge in [0.25, 0.3) is 5.91 Å². The predicted octanol–water partition coefficient (Wildman–Crippen LogP) is 1.57. The molecule has 0 spiro atoms. The van der Waals surface area contributed by atoms with Crippen molar-refractivity contribution in [2.75, 3.05) is 42.9 Å². The Kier molecular flexibility index (Phi) is 4.88. The zero-order valence-corrected chi connectivity index (χ0v) is 14.1. The molecule has 3 rings (SSSR count). The Bertz CT molecular complexity index is 697. The van der Waals surface area contributed by atoms with Crippen LogP contribution in [0.1, 0.15) is 23.0 Å². The van der Waals surface area contributed by atoms with Crippen LogP contribution in [0.2, 0.25) is 0 Å². The van der Waals surface area contributed by atoms with Crippen LogP contribution in [0, 0.1) is 6.92 Å². The Labute approximate surface area is 141 Å². The molecule has 0 unspecified atom stereocenters. The molecule has 1 N–H and O–H groups in total. The highest BCUT2D eigenvalue weighted by molar-refractivity contribution is 5.94. The molecule has 1 amide bonds. The Balaban J connectivity index is 1.66. The lowest BCUT2D eigenvalue weighted by atomic mass is 10.2. The van der Waals surface area contributed by atoms with Crippen molar-refractivity contribution < 1.29 is 4.79 Å². The van der Waals surface area contributed by atoms with Crippen molar-refractivity contribution >= 4 is 17.7 Å². The van der Waals surface area contributed by atoms with Gasteiger partial charge in [-0.1, -0.05) is 0 Å². The van der Waals surface area contributed by atoms with Gasteiger partial charge in [0.05, 0.1) is 0 Å². The minimum Gasteiger partial charge on any atom is -0.354 e. The lowest BCUT2D eigenvalue weighted by molar-refractivity contribution is 0.0746. The van der Waals surface area contributed by atoms with E-state index in [9.17, 15) is 4.79 Å². The summed E-state index contributed by atoms with van der Waals surface area (Å²) in [4.78, 5) is 29.5. The van der Waals surface area contributed by atoms with Gasteiger partial charge in [-0.2, -0.15) is 4.98 Å². The second kappa shape index (κ2) is 7.25. The van der Waals surface area contributed by atoms with Gasteiger partial charge >= 0.3 is 0 Å². The van der Waals surface area contributed by atoms with E-state index in [-0.39, 0.29) is 5.91 Å². The number of hydrogen-bond acceptors (Lipinski definition) is 6. The van der Waals surface area contributed by atoms with Crippen LogP contribution >= 0.6 is 0 Å². The summed E-state index contributed by atoms with van der Waals surface area (Å²) in [5, 5.41) is 3.16. The second-order valence-electron chi connectivity index (χ2n) is 5.74. The first kappa shape index (κ1) is 16.2. The standard InChI is InChI=1S/C17H22N6O/c1-3-19-17-20-13(2)12-15(21-17)22-8-10-23(11-9-22)16(24)14-4-6-18-7-5-14/h4-7,12H,3,8-11H2,1-2H3,(H,19,20,21). The number of pyridine rings is 1. The van der Waals surface area contributed by atoms with Crippen molar-refractivity contribution in [3.8, 4) is 0 Å². The van der Waals surface area contributed by atoms with Crippen LogP contribution in [0.4, 0.5) is 11.8 Å². The molecule has 1 aliphatic heterocycles. The monoisotopic (exact) mass is 326 g/mol. The van der Waals surface area contributed by atoms with Gasteiger partial charge in [-0.25, -0.2) is 4.98 Å². The van der Waals surface area contributed by atoms with Crippen LogP contribution in [0.25, 0.3) is 0 Å². The molecule has 3 heterocycles. The molecular formula is C17H22N6O. The third-order valence-corrected chi connectivity index (χ3v) is 3.99. The molecule has 7 nitrogen and oxygen atoms in total. The average Bonchev–Trinajstić information content (AvgIpc) is 2.62. The van der Waals surface area contributed by atoms with Crippen molar-refractivity contribution in [3.63, 3.8) is 0 Å². The van der Waals surface area contributed by atoms with E-state index in [0.29, 0.717) is 24.6 Å². The molecule has 0 aliphatic carbocycles. The van der Waals surface area contributed by atoms with E-state index in [1.165, 1.54) is 0 Å². The quantitative estimate of drug-likeness (QED) is 0.919. The summed E-state index contributed by atoms with van der Waals surface area (Å²) in [6.07, 6.45) is 3.30. The Morgan fingerprint density at radius 3 is 2.54 bits per heavy atom. The molecule has 0 aromatic carbocycles. The van der Waals surface area contributed by atoms with Gasteiger partial charge in [0, 0.05) is 62.4 Å². The highest BCUT2D eigenvalue weighted by atomic mass is 16.2. The largest absolute Gasteiger partial charge is 0.354 e. The lowest BCUT2D eigenvalue weighted by Crippen LogP contribution is -2.49. The van der Waals surface area contributed by atoms with Gasteiger partial charge in [-0.15, -0.1) is 0 Å². The lowest BCUT2D eigenvalue weighted by Gasteiger charge is -2.35. The van der Waals surface area contributed by atoms with Crippen LogP contribution in [0.15, 0.2) is 30.6 Å². The number of hydrogen-bond donors (Lipinski definition) is 1. The first-order chi connectivity index (χ1) is 11.7. The summed E-state index contributed by atoms with van der Waals surface area (Å²) >= 11 is 0. The van der Waals surface area contributed by atoms with Gasteiger partial charge < -0.3 is 15.1 Å². The van der Waals surface area contributed by atoms with E-state index >= 15 is 0 Å². The Morgan fingerprint density at radius 2 is 1.88 bits per heavy atom. The number of piperazine rings is 1. The fraction of sp³-hybridized carbons (Fsp3) is 0.412. The summed E-state index contributed by atoms with van der Waals surface area (Å²) in [7, 11) is 0. The van der Waals surface area contributed by atoms with Crippen LogP contribution in [-0.4, -0.2) is 58.5 Å². The van der Waals surface area contributed by atoms with Crippen molar-refractivity contribution in [1.82, 2.24) is 19.9 Å². The molecule has 2 aromatic rings. The molecule has 24 heavy (non-hydrogen) atoms. The molecule has 1 fully saturated rings. The summed E-state index contributed by atoms with van der Waals surface area (Å²) in [5.74, 6) is 1.63. The summed E-state index contributed by atoms with van der Waals surface area (Å²) in [6, 6.07) is 5.50. The van der Waals surface area contributed by atoms with E-state index in [1.54, 1.807) is 24.5 Å². The summed E-state index contributed by atoms with van der Waals surface area (Å²) < 4.78 is 0.